The molecule has 0 aromatic rings. The minimum atomic E-state index is -0.970. The second-order valence-corrected chi connectivity index (χ2v) is 5.52. The number of nitrogens with one attached hydrogen (secondary N) is 2. The lowest BCUT2D eigenvalue weighted by Gasteiger charge is -2.30. The van der Waals surface area contributed by atoms with Crippen molar-refractivity contribution in [3.05, 3.63) is 46.8 Å². The molecule has 0 fully saturated rings. The Morgan fingerprint density at radius 2 is 2.29 bits per heavy atom. The lowest BCUT2D eigenvalue weighted by atomic mass is 9.84. The molecule has 1 aliphatic carbocycles. The number of rotatable bonds is 3. The fraction of sp³-hybridized carbons (Fsp3) is 0.412. The van der Waals surface area contributed by atoms with Gasteiger partial charge in [0.05, 0.1) is 5.57 Å². The number of alkyl halides is 1. The summed E-state index contributed by atoms with van der Waals surface area (Å²) >= 11 is 0. The molecule has 1 heterocycles. The molecular formula is C17H23FN3+. The van der Waals surface area contributed by atoms with Gasteiger partial charge in [-0.1, -0.05) is 20.4 Å². The Balaban J connectivity index is 2.41. The van der Waals surface area contributed by atoms with Crippen LogP contribution in [0.2, 0.25) is 0 Å². The summed E-state index contributed by atoms with van der Waals surface area (Å²) in [5.74, 6) is 0.467. The molecule has 3 nitrogen and oxygen atoms in total. The van der Waals surface area contributed by atoms with Crippen molar-refractivity contribution in [1.82, 2.24) is 15.3 Å². The lowest BCUT2D eigenvalue weighted by Crippen LogP contribution is -2.38. The summed E-state index contributed by atoms with van der Waals surface area (Å²) in [4.78, 5) is 0. The highest BCUT2D eigenvalue weighted by Crippen LogP contribution is 2.34. The van der Waals surface area contributed by atoms with E-state index in [-0.39, 0.29) is 5.92 Å². The largest absolute Gasteiger partial charge is 0.381 e. The molecular weight excluding hydrogens is 265 g/mol. The highest BCUT2D eigenvalue weighted by Gasteiger charge is 2.33. The van der Waals surface area contributed by atoms with Crippen molar-refractivity contribution in [2.24, 2.45) is 5.92 Å². The lowest BCUT2D eigenvalue weighted by molar-refractivity contribution is 0.320. The van der Waals surface area contributed by atoms with Gasteiger partial charge in [0, 0.05) is 23.7 Å². The van der Waals surface area contributed by atoms with Crippen molar-refractivity contribution in [2.75, 3.05) is 6.54 Å². The predicted octanol–water partition coefficient (Wildman–Crippen LogP) is 2.38. The molecule has 21 heavy (non-hydrogen) atoms. The normalized spacial score (nSPS) is 24.2. The summed E-state index contributed by atoms with van der Waals surface area (Å²) < 4.78 is 18.1. The maximum atomic E-state index is 14.0. The summed E-state index contributed by atoms with van der Waals surface area (Å²) in [7, 11) is 0. The summed E-state index contributed by atoms with van der Waals surface area (Å²) in [6.45, 7) is 14.3. The van der Waals surface area contributed by atoms with Crippen LogP contribution in [0.1, 0.15) is 27.2 Å². The monoisotopic (exact) mass is 288 g/mol. The van der Waals surface area contributed by atoms with Gasteiger partial charge in [-0.2, -0.15) is 0 Å². The van der Waals surface area contributed by atoms with Crippen LogP contribution in [0.25, 0.3) is 0 Å². The Kier molecular flexibility index (Phi) is 4.49. The Labute approximate surface area is 125 Å². The molecule has 0 saturated heterocycles. The summed E-state index contributed by atoms with van der Waals surface area (Å²) in [6, 6.07) is 0. The molecule has 4 heteroatoms. The second kappa shape index (κ2) is 6.15. The topological polar surface area (TPSA) is 38.2 Å². The van der Waals surface area contributed by atoms with Gasteiger partial charge in [-0.3, -0.25) is 0 Å². The first-order valence-corrected chi connectivity index (χ1v) is 7.28. The van der Waals surface area contributed by atoms with Gasteiger partial charge in [0.1, 0.15) is 11.9 Å². The minimum Gasteiger partial charge on any atom is -0.381 e. The number of nitrogens with zero attached hydrogens (tertiary/aromatic N) is 1. The van der Waals surface area contributed by atoms with Gasteiger partial charge in [-0.05, 0) is 31.1 Å². The minimum absolute atomic E-state index is 0.198. The molecule has 2 N–H and O–H groups in total. The molecule has 0 saturated carbocycles. The van der Waals surface area contributed by atoms with E-state index in [0.29, 0.717) is 5.84 Å². The first kappa shape index (κ1) is 15.3. The quantitative estimate of drug-likeness (QED) is 0.475. The first-order chi connectivity index (χ1) is 9.99. The van der Waals surface area contributed by atoms with Crippen molar-refractivity contribution in [2.45, 2.75) is 33.4 Å². The zero-order valence-electron chi connectivity index (χ0n) is 13.0. The fourth-order valence-corrected chi connectivity index (χ4v) is 2.61. The van der Waals surface area contributed by atoms with Crippen LogP contribution in [-0.2, 0) is 0 Å². The molecule has 2 rings (SSSR count). The van der Waals surface area contributed by atoms with Gasteiger partial charge < -0.3 is 5.32 Å². The van der Waals surface area contributed by atoms with Gasteiger partial charge in [-0.25, -0.2) is 14.4 Å². The van der Waals surface area contributed by atoms with Gasteiger partial charge >= 0.3 is 5.84 Å². The molecule has 2 aliphatic rings. The van der Waals surface area contributed by atoms with E-state index in [1.165, 1.54) is 0 Å². The van der Waals surface area contributed by atoms with Gasteiger partial charge in [0.2, 0.25) is 0 Å². The summed E-state index contributed by atoms with van der Waals surface area (Å²) in [6.07, 6.45) is 3.25. The third-order valence-electron chi connectivity index (χ3n) is 4.07. The molecule has 0 amide bonds. The molecule has 2 atom stereocenters. The van der Waals surface area contributed by atoms with Crippen molar-refractivity contribution < 1.29 is 4.39 Å². The third kappa shape index (κ3) is 2.86. The third-order valence-corrected chi connectivity index (χ3v) is 4.07. The van der Waals surface area contributed by atoms with Crippen molar-refractivity contribution in [1.29, 1.82) is 0 Å². The smallest absolute Gasteiger partial charge is 0.374 e. The van der Waals surface area contributed by atoms with Crippen LogP contribution < -0.4 is 15.3 Å². The summed E-state index contributed by atoms with van der Waals surface area (Å²) in [5, 5.41) is 6.66. The molecule has 0 spiro atoms. The molecule has 0 aromatic heterocycles. The number of dihydropyridines is 1. The number of hydrogen-bond acceptors (Lipinski definition) is 1. The Hall–Kier alpha value is -2.06. The number of halogens is 1. The molecule has 0 radical (unpaired) electrons. The molecule has 0 aromatic carbocycles. The highest BCUT2D eigenvalue weighted by atomic mass is 19.1. The van der Waals surface area contributed by atoms with Crippen LogP contribution in [0.3, 0.4) is 0 Å². The van der Waals surface area contributed by atoms with Crippen molar-refractivity contribution in [3.8, 4) is 0 Å². The van der Waals surface area contributed by atoms with Crippen LogP contribution in [0.5, 0.6) is 0 Å². The zero-order valence-corrected chi connectivity index (χ0v) is 13.0. The van der Waals surface area contributed by atoms with Crippen LogP contribution in [0, 0.1) is 5.92 Å². The van der Waals surface area contributed by atoms with E-state index in [0.717, 1.165) is 41.1 Å². The van der Waals surface area contributed by atoms with Crippen molar-refractivity contribution >= 4 is 12.6 Å². The van der Waals surface area contributed by atoms with E-state index in [1.54, 1.807) is 6.08 Å². The molecule has 1 aliphatic heterocycles. The summed E-state index contributed by atoms with van der Waals surface area (Å²) in [5.41, 5.74) is 4.92. The Bertz CT molecular complexity index is 604. The maximum absolute atomic E-state index is 14.0. The number of amidine groups is 1. The average molecular weight is 288 g/mol. The molecule has 0 bridgehead atoms. The van der Waals surface area contributed by atoms with Crippen LogP contribution in [0.15, 0.2) is 46.8 Å². The number of hydrogen-bond donors (Lipinski definition) is 2. The van der Waals surface area contributed by atoms with E-state index in [1.807, 2.05) is 26.8 Å². The highest BCUT2D eigenvalue weighted by molar-refractivity contribution is 5.99. The van der Waals surface area contributed by atoms with Gasteiger partial charge in [-0.15, -0.1) is 0 Å². The van der Waals surface area contributed by atoms with E-state index >= 15 is 0 Å². The standard InChI is InChI=1S/C17H22FN3/c1-6-10(2)17(19-5)21-16-11(3)9-20-14-8-7-13(18)12(4)15(14)16/h7-8,12-13,20H,2,5-6,9H2,1,3-4H3/p+1. The SMILES string of the molecule is C=[N+]=C(NC1=C(C)CNC2=C1C(C)C(F)C=C2)C(=C)CC. The fourth-order valence-electron chi connectivity index (χ4n) is 2.61. The maximum Gasteiger partial charge on any atom is 0.374 e. The number of allylic oxidation sites excluding steroid dienone is 3. The predicted molar refractivity (Wildman–Crippen MR) is 87.8 cm³/mol. The van der Waals surface area contributed by atoms with Crippen LogP contribution in [-0.4, -0.2) is 25.3 Å². The van der Waals surface area contributed by atoms with E-state index in [9.17, 15) is 4.39 Å². The average Bonchev–Trinajstić information content (AvgIpc) is 2.49. The second-order valence-electron chi connectivity index (χ2n) is 5.52. The van der Waals surface area contributed by atoms with E-state index < -0.39 is 6.17 Å². The Morgan fingerprint density at radius 1 is 1.57 bits per heavy atom. The van der Waals surface area contributed by atoms with Crippen LogP contribution in [0.4, 0.5) is 4.39 Å². The molecule has 112 valence electrons. The Morgan fingerprint density at radius 3 is 2.90 bits per heavy atom. The first-order valence-electron chi connectivity index (χ1n) is 7.28. The van der Waals surface area contributed by atoms with Crippen molar-refractivity contribution in [3.63, 3.8) is 0 Å². The van der Waals surface area contributed by atoms with Gasteiger partial charge in [0.25, 0.3) is 0 Å². The van der Waals surface area contributed by atoms with E-state index in [4.69, 9.17) is 0 Å². The zero-order chi connectivity index (χ0) is 15.6. The van der Waals surface area contributed by atoms with Gasteiger partial charge in [0.15, 0.2) is 6.72 Å². The van der Waals surface area contributed by atoms with E-state index in [2.05, 4.69) is 28.6 Å². The van der Waals surface area contributed by atoms with Crippen LogP contribution >= 0.6 is 0 Å². The molecule has 2 unspecified atom stereocenters.